The Morgan fingerprint density at radius 3 is 1.12 bits per heavy atom. The summed E-state index contributed by atoms with van der Waals surface area (Å²) in [5, 5.41) is 26.5. The highest BCUT2D eigenvalue weighted by Crippen LogP contribution is 2.37. The molecule has 0 aliphatic rings. The number of carboxylic acids is 2. The van der Waals surface area contributed by atoms with Crippen molar-refractivity contribution in [1.82, 2.24) is 29.9 Å². The SMILES string of the molecule is O=C(O)c1ccc2nc3c4nc5ccc(C(=O)O)cc5nc4c4nc5cc(C(=O)OC(CCc6cccc7ccccc67)(CCc6cccc7ccccc67)Cc6cccc7ccccc67)ccc5nc4c3nc2c1. The van der Waals surface area contributed by atoms with Crippen LogP contribution in [0.1, 0.15) is 60.6 Å². The average molecular weight is 979 g/mol. The first kappa shape index (κ1) is 45.1. The molecular weight excluding hydrogens is 937 g/mol. The van der Waals surface area contributed by atoms with Crippen molar-refractivity contribution in [2.24, 2.45) is 0 Å². The Morgan fingerprint density at radius 2 is 0.707 bits per heavy atom. The van der Waals surface area contributed by atoms with Gasteiger partial charge in [-0.05, 0) is 129 Å². The first-order chi connectivity index (χ1) is 36.6. The second kappa shape index (κ2) is 18.0. The summed E-state index contributed by atoms with van der Waals surface area (Å²) < 4.78 is 7.14. The number of carbonyl (C=O) groups is 3. The van der Waals surface area contributed by atoms with Crippen LogP contribution >= 0.6 is 0 Å². The first-order valence-electron chi connectivity index (χ1n) is 24.7. The molecule has 0 unspecified atom stereocenters. The fraction of sp³-hybridized carbons (Fsp3) is 0.0952. The zero-order valence-electron chi connectivity index (χ0n) is 40.1. The summed E-state index contributed by atoms with van der Waals surface area (Å²) in [6.07, 6.45) is 2.79. The highest BCUT2D eigenvalue weighted by Gasteiger charge is 2.36. The van der Waals surface area contributed by atoms with Gasteiger partial charge in [0.2, 0.25) is 0 Å². The van der Waals surface area contributed by atoms with Gasteiger partial charge in [-0.2, -0.15) is 0 Å². The molecule has 0 fully saturated rings. The highest BCUT2D eigenvalue weighted by atomic mass is 16.6. The Morgan fingerprint density at radius 1 is 0.373 bits per heavy atom. The predicted molar refractivity (Wildman–Crippen MR) is 293 cm³/mol. The summed E-state index contributed by atoms with van der Waals surface area (Å²) in [6.45, 7) is 0. The molecule has 12 heteroatoms. The molecule has 0 amide bonds. The molecule has 0 spiro atoms. The van der Waals surface area contributed by atoms with Gasteiger partial charge in [-0.3, -0.25) is 0 Å². The molecule has 75 heavy (non-hydrogen) atoms. The number of nitrogens with zero attached hydrogens (tertiary/aromatic N) is 6. The van der Waals surface area contributed by atoms with Gasteiger partial charge in [0.05, 0.1) is 49.8 Å². The molecule has 360 valence electrons. The number of aromatic carboxylic acids is 2. The summed E-state index contributed by atoms with van der Waals surface area (Å²) in [5.41, 5.74) is 6.94. The smallest absolute Gasteiger partial charge is 0.338 e. The third-order valence-corrected chi connectivity index (χ3v) is 14.6. The van der Waals surface area contributed by atoms with Crippen molar-refractivity contribution in [1.29, 1.82) is 0 Å². The lowest BCUT2D eigenvalue weighted by molar-refractivity contribution is -0.0271. The Balaban J connectivity index is 0.970. The van der Waals surface area contributed by atoms with Crippen molar-refractivity contribution < 1.29 is 29.3 Å². The van der Waals surface area contributed by atoms with E-state index in [2.05, 4.69) is 103 Å². The van der Waals surface area contributed by atoms with Crippen molar-refractivity contribution >= 4 is 116 Å². The number of fused-ring (bicyclic) bond motifs is 12. The number of carbonyl (C=O) groups excluding carboxylic acids is 1. The van der Waals surface area contributed by atoms with E-state index in [0.717, 1.165) is 37.9 Å². The lowest BCUT2D eigenvalue weighted by atomic mass is 9.81. The van der Waals surface area contributed by atoms with Crippen LogP contribution < -0.4 is 0 Å². The molecule has 0 aliphatic heterocycles. The van der Waals surface area contributed by atoms with Crippen LogP contribution in [0.15, 0.2) is 182 Å². The quantitative estimate of drug-likeness (QED) is 0.0673. The van der Waals surface area contributed by atoms with Gasteiger partial charge in [-0.25, -0.2) is 44.3 Å². The summed E-state index contributed by atoms with van der Waals surface area (Å²) in [6, 6.07) is 58.2. The molecule has 0 atom stereocenters. The van der Waals surface area contributed by atoms with E-state index in [1.54, 1.807) is 30.3 Å². The lowest BCUT2D eigenvalue weighted by Gasteiger charge is -2.35. The van der Waals surface area contributed by atoms with Crippen LogP contribution in [0, 0.1) is 0 Å². The Kier molecular flexibility index (Phi) is 10.8. The summed E-state index contributed by atoms with van der Waals surface area (Å²) in [5.74, 6) is -2.74. The summed E-state index contributed by atoms with van der Waals surface area (Å²) >= 11 is 0. The van der Waals surface area contributed by atoms with E-state index in [1.165, 1.54) is 35.4 Å². The molecular formula is C63H42N6O6. The van der Waals surface area contributed by atoms with E-state index in [4.69, 9.17) is 34.6 Å². The number of carboxylic acid groups (broad SMARTS) is 2. The van der Waals surface area contributed by atoms with E-state index in [-0.39, 0.29) is 22.2 Å². The molecule has 3 heterocycles. The average Bonchev–Trinajstić information content (AvgIpc) is 3.49. The number of esters is 1. The number of rotatable bonds is 12. The van der Waals surface area contributed by atoms with Crippen molar-refractivity contribution in [3.63, 3.8) is 0 Å². The number of ether oxygens (including phenoxy) is 1. The minimum atomic E-state index is -1.12. The second-order valence-corrected chi connectivity index (χ2v) is 19.1. The molecule has 0 bridgehead atoms. The van der Waals surface area contributed by atoms with Crippen LogP contribution in [0.5, 0.6) is 0 Å². The minimum Gasteiger partial charge on any atom is -0.478 e. The molecule has 13 aromatic rings. The highest BCUT2D eigenvalue weighted by molar-refractivity contribution is 6.21. The zero-order chi connectivity index (χ0) is 50.8. The van der Waals surface area contributed by atoms with Crippen LogP contribution in [-0.2, 0) is 24.0 Å². The number of hydrogen-bond acceptors (Lipinski definition) is 10. The van der Waals surface area contributed by atoms with Gasteiger partial charge < -0.3 is 14.9 Å². The van der Waals surface area contributed by atoms with Crippen molar-refractivity contribution in [3.05, 3.63) is 215 Å². The van der Waals surface area contributed by atoms with Crippen LogP contribution in [-0.4, -0.2) is 63.6 Å². The van der Waals surface area contributed by atoms with E-state index in [0.29, 0.717) is 92.8 Å². The van der Waals surface area contributed by atoms with Crippen molar-refractivity contribution in [2.45, 2.75) is 37.7 Å². The molecule has 0 saturated heterocycles. The van der Waals surface area contributed by atoms with Crippen molar-refractivity contribution in [2.75, 3.05) is 0 Å². The molecule has 0 saturated carbocycles. The van der Waals surface area contributed by atoms with E-state index < -0.39 is 23.5 Å². The second-order valence-electron chi connectivity index (χ2n) is 19.1. The fourth-order valence-corrected chi connectivity index (χ4v) is 10.8. The van der Waals surface area contributed by atoms with Crippen LogP contribution in [0.3, 0.4) is 0 Å². The molecule has 10 aromatic carbocycles. The van der Waals surface area contributed by atoms with Crippen LogP contribution in [0.4, 0.5) is 0 Å². The number of aromatic nitrogens is 6. The van der Waals surface area contributed by atoms with Crippen LogP contribution in [0.2, 0.25) is 0 Å². The van der Waals surface area contributed by atoms with E-state index in [9.17, 15) is 19.8 Å². The third kappa shape index (κ3) is 8.18. The molecule has 3 aromatic heterocycles. The van der Waals surface area contributed by atoms with Crippen LogP contribution in [0.25, 0.3) is 98.5 Å². The van der Waals surface area contributed by atoms with Gasteiger partial charge in [0, 0.05) is 6.42 Å². The maximum absolute atomic E-state index is 15.3. The van der Waals surface area contributed by atoms with Gasteiger partial charge in [0.25, 0.3) is 0 Å². The predicted octanol–water partition coefficient (Wildman–Crippen LogP) is 13.2. The Bertz CT molecular complexity index is 4460. The number of benzene rings is 10. The van der Waals surface area contributed by atoms with Crippen molar-refractivity contribution in [3.8, 4) is 0 Å². The largest absolute Gasteiger partial charge is 0.478 e. The zero-order valence-corrected chi connectivity index (χ0v) is 40.1. The molecule has 0 aliphatic carbocycles. The maximum Gasteiger partial charge on any atom is 0.338 e. The lowest BCUT2D eigenvalue weighted by Crippen LogP contribution is -2.39. The van der Waals surface area contributed by atoms with E-state index >= 15 is 4.79 Å². The third-order valence-electron chi connectivity index (χ3n) is 14.6. The molecule has 12 nitrogen and oxygen atoms in total. The fourth-order valence-electron chi connectivity index (χ4n) is 10.8. The Labute approximate surface area is 427 Å². The first-order valence-corrected chi connectivity index (χ1v) is 24.7. The molecule has 13 rings (SSSR count). The van der Waals surface area contributed by atoms with Gasteiger partial charge >= 0.3 is 17.9 Å². The van der Waals surface area contributed by atoms with Gasteiger partial charge in [-0.1, -0.05) is 127 Å². The Hall–Kier alpha value is -9.81. The number of aryl methyl sites for hydroxylation is 2. The summed E-state index contributed by atoms with van der Waals surface area (Å²) in [4.78, 5) is 69.4. The van der Waals surface area contributed by atoms with Gasteiger partial charge in [0.15, 0.2) is 0 Å². The number of hydrogen-bond donors (Lipinski definition) is 2. The summed E-state index contributed by atoms with van der Waals surface area (Å²) in [7, 11) is 0. The normalized spacial score (nSPS) is 12.0. The monoisotopic (exact) mass is 978 g/mol. The van der Waals surface area contributed by atoms with E-state index in [1.807, 2.05) is 24.3 Å². The topological polar surface area (TPSA) is 178 Å². The molecule has 0 radical (unpaired) electrons. The van der Waals surface area contributed by atoms with Gasteiger partial charge in [0.1, 0.15) is 38.7 Å². The maximum atomic E-state index is 15.3. The molecule has 2 N–H and O–H groups in total. The van der Waals surface area contributed by atoms with Gasteiger partial charge in [-0.15, -0.1) is 0 Å². The standard InChI is InChI=1S/C63H42N6O6/c70-60(71)41-22-25-48-51(32-41)67-57-54(64-48)55-58(68-52-33-42(61(72)73)23-26-49(52)65-55)59-56(57)66-50-27-24-43(34-53(50)69-59)62(74)75-63(35-44-18-9-15-38-12-3-6-21-47(38)44,30-28-39-16-7-13-36-10-1-4-19-45(36)39)31-29-40-17-8-14-37-11-2-5-20-46(37)40/h1-27,32-34H,28-31,35H2,(H,70,71)(H,72,73). The minimum absolute atomic E-state index is 0.0340.